The van der Waals surface area contributed by atoms with Crippen molar-refractivity contribution < 1.29 is 9.90 Å². The van der Waals surface area contributed by atoms with E-state index in [1.807, 2.05) is 0 Å². The van der Waals surface area contributed by atoms with E-state index in [-0.39, 0.29) is 5.69 Å². The summed E-state index contributed by atoms with van der Waals surface area (Å²) in [5.41, 5.74) is 1.55. The molecule has 12 heavy (non-hydrogen) atoms. The molecule has 2 N–H and O–H groups in total. The first-order valence-electron chi connectivity index (χ1n) is 3.59. The molecular weight excluding hydrogens is 158 g/mol. The number of aromatic amines is 1. The van der Waals surface area contributed by atoms with Gasteiger partial charge in [0.15, 0.2) is 5.69 Å². The van der Waals surface area contributed by atoms with Crippen LogP contribution in [0.1, 0.15) is 21.7 Å². The first-order chi connectivity index (χ1) is 5.79. The number of rotatable bonds is 1. The Balaban J connectivity index is 2.54. The molecule has 0 aromatic carbocycles. The Bertz CT molecular complexity index is 354. The van der Waals surface area contributed by atoms with Gasteiger partial charge in [-0.3, -0.25) is 10.1 Å². The van der Waals surface area contributed by atoms with Crippen molar-refractivity contribution in [2.45, 2.75) is 6.42 Å². The molecule has 1 aliphatic heterocycles. The minimum Gasteiger partial charge on any atom is -0.476 e. The van der Waals surface area contributed by atoms with E-state index in [1.54, 1.807) is 6.21 Å². The minimum atomic E-state index is -1.01. The second-order valence-corrected chi connectivity index (χ2v) is 2.55. The fraction of sp³-hybridized carbons (Fsp3) is 0.286. The van der Waals surface area contributed by atoms with Gasteiger partial charge in [0.25, 0.3) is 0 Å². The zero-order valence-corrected chi connectivity index (χ0v) is 6.24. The molecule has 0 spiro atoms. The molecule has 0 unspecified atom stereocenters. The topological polar surface area (TPSA) is 78.3 Å². The molecule has 0 amide bonds. The Morgan fingerprint density at radius 1 is 1.67 bits per heavy atom. The maximum Gasteiger partial charge on any atom is 0.357 e. The molecule has 1 aromatic heterocycles. The summed E-state index contributed by atoms with van der Waals surface area (Å²) in [6.45, 7) is 0.703. The summed E-state index contributed by atoms with van der Waals surface area (Å²) in [6.07, 6.45) is 2.30. The van der Waals surface area contributed by atoms with Crippen molar-refractivity contribution in [1.82, 2.24) is 10.2 Å². The molecule has 2 heterocycles. The van der Waals surface area contributed by atoms with Crippen LogP contribution in [0.2, 0.25) is 0 Å². The van der Waals surface area contributed by atoms with Crippen molar-refractivity contribution >= 4 is 12.2 Å². The van der Waals surface area contributed by atoms with Crippen molar-refractivity contribution in [1.29, 1.82) is 0 Å². The van der Waals surface area contributed by atoms with Crippen LogP contribution >= 0.6 is 0 Å². The van der Waals surface area contributed by atoms with Crippen LogP contribution in [0, 0.1) is 0 Å². The predicted molar refractivity (Wildman–Crippen MR) is 41.7 cm³/mol. The van der Waals surface area contributed by atoms with Crippen LogP contribution in [0.4, 0.5) is 0 Å². The number of carboxylic acid groups (broad SMARTS) is 1. The van der Waals surface area contributed by atoms with Gasteiger partial charge in [-0.05, 0) is 0 Å². The lowest BCUT2D eigenvalue weighted by Gasteiger charge is -2.01. The second-order valence-electron chi connectivity index (χ2n) is 2.55. The molecule has 5 heteroatoms. The summed E-state index contributed by atoms with van der Waals surface area (Å²) in [4.78, 5) is 14.6. The number of hydrogen-bond acceptors (Lipinski definition) is 3. The van der Waals surface area contributed by atoms with Gasteiger partial charge in [0.1, 0.15) is 0 Å². The summed E-state index contributed by atoms with van der Waals surface area (Å²) in [5, 5.41) is 15.1. The van der Waals surface area contributed by atoms with Crippen LogP contribution < -0.4 is 0 Å². The summed E-state index contributed by atoms with van der Waals surface area (Å²) in [7, 11) is 0. The molecule has 0 aliphatic carbocycles. The van der Waals surface area contributed by atoms with Crippen molar-refractivity contribution in [2.75, 3.05) is 6.54 Å². The molecule has 0 fully saturated rings. The normalized spacial score (nSPS) is 14.3. The molecule has 1 aromatic rings. The number of carboxylic acids is 1. The van der Waals surface area contributed by atoms with E-state index in [9.17, 15) is 4.79 Å². The Hall–Kier alpha value is -1.65. The number of fused-ring (bicyclic) bond motifs is 1. The standard InChI is InChI=1S/C7H7N3O2/c11-7(12)6-4-3-8-2-1-5(4)9-10-6/h3H,1-2H2,(H,9,10)(H,11,12). The Kier molecular flexibility index (Phi) is 1.43. The van der Waals surface area contributed by atoms with Crippen LogP contribution in [0.25, 0.3) is 0 Å². The summed E-state index contributed by atoms with van der Waals surface area (Å²) < 4.78 is 0. The van der Waals surface area contributed by atoms with Gasteiger partial charge in [0.05, 0.1) is 0 Å². The third-order valence-electron chi connectivity index (χ3n) is 1.80. The fourth-order valence-corrected chi connectivity index (χ4v) is 1.21. The third-order valence-corrected chi connectivity index (χ3v) is 1.80. The second kappa shape index (κ2) is 2.44. The highest BCUT2D eigenvalue weighted by Gasteiger charge is 2.18. The lowest BCUT2D eigenvalue weighted by molar-refractivity contribution is 0.0690. The molecule has 1 aliphatic rings. The van der Waals surface area contributed by atoms with Gasteiger partial charge in [-0.2, -0.15) is 5.10 Å². The van der Waals surface area contributed by atoms with Gasteiger partial charge < -0.3 is 5.11 Å². The van der Waals surface area contributed by atoms with Crippen molar-refractivity contribution in [3.63, 3.8) is 0 Å². The monoisotopic (exact) mass is 165 g/mol. The third kappa shape index (κ3) is 0.903. The number of H-pyrrole nitrogens is 1. The van der Waals surface area contributed by atoms with E-state index in [0.717, 1.165) is 12.1 Å². The van der Waals surface area contributed by atoms with E-state index in [0.29, 0.717) is 12.1 Å². The lowest BCUT2D eigenvalue weighted by atomic mass is 10.1. The smallest absolute Gasteiger partial charge is 0.357 e. The molecular formula is C7H7N3O2. The van der Waals surface area contributed by atoms with Crippen LogP contribution in [0.15, 0.2) is 4.99 Å². The highest BCUT2D eigenvalue weighted by atomic mass is 16.4. The van der Waals surface area contributed by atoms with Gasteiger partial charge in [0.2, 0.25) is 0 Å². The number of nitrogens with one attached hydrogen (secondary N) is 1. The molecule has 2 rings (SSSR count). The van der Waals surface area contributed by atoms with Gasteiger partial charge in [-0.15, -0.1) is 0 Å². The number of nitrogens with zero attached hydrogens (tertiary/aromatic N) is 2. The zero-order valence-electron chi connectivity index (χ0n) is 6.24. The summed E-state index contributed by atoms with van der Waals surface area (Å²) in [6, 6.07) is 0. The fourth-order valence-electron chi connectivity index (χ4n) is 1.21. The van der Waals surface area contributed by atoms with E-state index in [4.69, 9.17) is 5.11 Å². The Labute approximate surface area is 68.1 Å². The lowest BCUT2D eigenvalue weighted by Crippen LogP contribution is -2.06. The van der Waals surface area contributed by atoms with Gasteiger partial charge in [-0.25, -0.2) is 4.79 Å². The molecule has 5 nitrogen and oxygen atoms in total. The van der Waals surface area contributed by atoms with Crippen LogP contribution in [-0.4, -0.2) is 34.0 Å². The van der Waals surface area contributed by atoms with Crippen molar-refractivity contribution in [2.24, 2.45) is 4.99 Å². The first-order valence-corrected chi connectivity index (χ1v) is 3.59. The number of hydrogen-bond donors (Lipinski definition) is 2. The maximum absolute atomic E-state index is 10.6. The highest BCUT2D eigenvalue weighted by molar-refractivity contribution is 5.97. The van der Waals surface area contributed by atoms with Gasteiger partial charge in [-0.1, -0.05) is 0 Å². The first kappa shape index (κ1) is 7.02. The van der Waals surface area contributed by atoms with E-state index >= 15 is 0 Å². The van der Waals surface area contributed by atoms with Crippen molar-refractivity contribution in [3.05, 3.63) is 17.0 Å². The summed E-state index contributed by atoms with van der Waals surface area (Å²) in [5.74, 6) is -1.01. The quantitative estimate of drug-likeness (QED) is 0.618. The summed E-state index contributed by atoms with van der Waals surface area (Å²) >= 11 is 0. The highest BCUT2D eigenvalue weighted by Crippen LogP contribution is 2.12. The number of aliphatic imine (C=N–C) groups is 1. The number of aromatic nitrogens is 2. The molecule has 0 saturated carbocycles. The van der Waals surface area contributed by atoms with Gasteiger partial charge >= 0.3 is 5.97 Å². The van der Waals surface area contributed by atoms with E-state index in [2.05, 4.69) is 15.2 Å². The zero-order chi connectivity index (χ0) is 8.55. The number of aromatic carboxylic acids is 1. The molecule has 0 atom stereocenters. The molecule has 62 valence electrons. The predicted octanol–water partition coefficient (Wildman–Crippen LogP) is 0.0829. The Morgan fingerprint density at radius 3 is 3.25 bits per heavy atom. The largest absolute Gasteiger partial charge is 0.476 e. The average Bonchev–Trinajstić information content (AvgIpc) is 2.47. The minimum absolute atomic E-state index is 0.0634. The molecule has 0 radical (unpaired) electrons. The average molecular weight is 165 g/mol. The van der Waals surface area contributed by atoms with Crippen molar-refractivity contribution in [3.8, 4) is 0 Å². The molecule has 0 saturated heterocycles. The Morgan fingerprint density at radius 2 is 2.50 bits per heavy atom. The van der Waals surface area contributed by atoms with Crippen LogP contribution in [-0.2, 0) is 6.42 Å². The van der Waals surface area contributed by atoms with E-state index in [1.165, 1.54) is 0 Å². The maximum atomic E-state index is 10.6. The van der Waals surface area contributed by atoms with Crippen LogP contribution in [0.5, 0.6) is 0 Å². The van der Waals surface area contributed by atoms with Gasteiger partial charge in [0, 0.05) is 30.4 Å². The number of carbonyl (C=O) groups is 1. The van der Waals surface area contributed by atoms with Crippen LogP contribution in [0.3, 0.4) is 0 Å². The van der Waals surface area contributed by atoms with E-state index < -0.39 is 5.97 Å². The molecule has 0 bridgehead atoms. The SMILES string of the molecule is O=C(O)c1n[nH]c2c1C=NCC2.